The van der Waals surface area contributed by atoms with E-state index in [1.165, 1.54) is 0 Å². The molecule has 1 N–H and O–H groups in total. The maximum atomic E-state index is 12.1. The molecular formula is C17H24N2OS. The van der Waals surface area contributed by atoms with Crippen LogP contribution in [-0.2, 0) is 7.05 Å². The van der Waals surface area contributed by atoms with Gasteiger partial charge in [0.2, 0.25) is 0 Å². The molecule has 1 aromatic heterocycles. The lowest BCUT2D eigenvalue weighted by Gasteiger charge is -2.30. The van der Waals surface area contributed by atoms with Crippen LogP contribution in [0.5, 0.6) is 0 Å². The minimum Gasteiger partial charge on any atom is -0.383 e. The number of nitrogens with one attached hydrogen (secondary N) is 1. The van der Waals surface area contributed by atoms with Gasteiger partial charge in [0.25, 0.3) is 5.56 Å². The number of hydrogen-bond acceptors (Lipinski definition) is 3. The average Bonchev–Trinajstić information content (AvgIpc) is 2.53. The minimum atomic E-state index is 0.0268. The highest BCUT2D eigenvalue weighted by Crippen LogP contribution is 2.31. The summed E-state index contributed by atoms with van der Waals surface area (Å²) in [6, 6.07) is 9.74. The van der Waals surface area contributed by atoms with Gasteiger partial charge in [0, 0.05) is 35.5 Å². The van der Waals surface area contributed by atoms with E-state index in [2.05, 4.69) is 31.5 Å². The Morgan fingerprint density at radius 1 is 1.24 bits per heavy atom. The Morgan fingerprint density at radius 2 is 1.90 bits per heavy atom. The third-order valence-corrected chi connectivity index (χ3v) is 6.06. The highest BCUT2D eigenvalue weighted by Gasteiger charge is 2.24. The van der Waals surface area contributed by atoms with Crippen molar-refractivity contribution in [2.24, 2.45) is 7.05 Å². The van der Waals surface area contributed by atoms with Crippen LogP contribution in [0.15, 0.2) is 35.1 Å². The third-order valence-electron chi connectivity index (χ3n) is 4.48. The number of nitrogens with zero attached hydrogens (tertiary/aromatic N) is 1. The standard InChI is InChI=1S/C17H24N2OS/c1-5-17(6-2,21-4)12-18-14-11-16(20)19(3)15-10-8-7-9-13(14)15/h7-11,18H,5-6,12H2,1-4H3. The van der Waals surface area contributed by atoms with Gasteiger partial charge >= 0.3 is 0 Å². The molecule has 0 saturated heterocycles. The molecule has 4 heteroatoms. The zero-order valence-electron chi connectivity index (χ0n) is 13.3. The number of hydrogen-bond donors (Lipinski definition) is 1. The second-order valence-electron chi connectivity index (χ2n) is 5.42. The van der Waals surface area contributed by atoms with Gasteiger partial charge in [-0.05, 0) is 25.2 Å². The van der Waals surface area contributed by atoms with Gasteiger partial charge in [-0.15, -0.1) is 0 Å². The number of aromatic nitrogens is 1. The Hall–Kier alpha value is -1.42. The molecule has 0 aliphatic carbocycles. The van der Waals surface area contributed by atoms with Gasteiger partial charge in [-0.25, -0.2) is 0 Å². The van der Waals surface area contributed by atoms with Crippen molar-refractivity contribution in [3.05, 3.63) is 40.7 Å². The van der Waals surface area contributed by atoms with Crippen LogP contribution in [0.4, 0.5) is 5.69 Å². The SMILES string of the molecule is CCC(CC)(CNc1cc(=O)n(C)c2ccccc12)SC. The summed E-state index contributed by atoms with van der Waals surface area (Å²) in [7, 11) is 1.82. The van der Waals surface area contributed by atoms with Gasteiger partial charge in [-0.3, -0.25) is 4.79 Å². The molecule has 0 saturated carbocycles. The van der Waals surface area contributed by atoms with Gasteiger partial charge in [0.05, 0.1) is 5.52 Å². The smallest absolute Gasteiger partial charge is 0.252 e. The molecule has 0 bridgehead atoms. The molecule has 0 spiro atoms. The summed E-state index contributed by atoms with van der Waals surface area (Å²) >= 11 is 1.90. The maximum absolute atomic E-state index is 12.1. The lowest BCUT2D eigenvalue weighted by atomic mass is 10.0. The van der Waals surface area contributed by atoms with E-state index in [1.54, 1.807) is 10.6 Å². The van der Waals surface area contributed by atoms with Crippen molar-refractivity contribution >= 4 is 28.4 Å². The van der Waals surface area contributed by atoms with Gasteiger partial charge in [-0.2, -0.15) is 11.8 Å². The van der Waals surface area contributed by atoms with Crippen LogP contribution in [0.25, 0.3) is 10.9 Å². The second-order valence-corrected chi connectivity index (χ2v) is 6.69. The van der Waals surface area contributed by atoms with Crippen LogP contribution in [-0.4, -0.2) is 22.1 Å². The molecule has 0 radical (unpaired) electrons. The average molecular weight is 304 g/mol. The Kier molecular flexibility index (Phi) is 4.99. The molecule has 0 fully saturated rings. The number of para-hydroxylation sites is 1. The van der Waals surface area contributed by atoms with E-state index >= 15 is 0 Å². The predicted molar refractivity (Wildman–Crippen MR) is 94.5 cm³/mol. The molecule has 0 unspecified atom stereocenters. The van der Waals surface area contributed by atoms with Crippen LogP contribution in [0.3, 0.4) is 0 Å². The van der Waals surface area contributed by atoms with Gasteiger partial charge in [0.15, 0.2) is 0 Å². The number of benzene rings is 1. The van der Waals surface area contributed by atoms with E-state index in [1.807, 2.05) is 37.0 Å². The van der Waals surface area contributed by atoms with E-state index in [0.29, 0.717) is 0 Å². The molecule has 0 amide bonds. The minimum absolute atomic E-state index is 0.0268. The molecule has 114 valence electrons. The summed E-state index contributed by atoms with van der Waals surface area (Å²) in [6.45, 7) is 5.33. The molecule has 2 aromatic rings. The Labute approximate surface area is 130 Å². The largest absolute Gasteiger partial charge is 0.383 e. The highest BCUT2D eigenvalue weighted by molar-refractivity contribution is 8.00. The number of pyridine rings is 1. The summed E-state index contributed by atoms with van der Waals surface area (Å²) in [5, 5.41) is 4.61. The van der Waals surface area contributed by atoms with E-state index < -0.39 is 0 Å². The first-order valence-electron chi connectivity index (χ1n) is 7.44. The first kappa shape index (κ1) is 16.0. The van der Waals surface area contributed by atoms with Crippen LogP contribution < -0.4 is 10.9 Å². The molecule has 0 atom stereocenters. The lowest BCUT2D eigenvalue weighted by molar-refractivity contribution is 0.575. The summed E-state index contributed by atoms with van der Waals surface area (Å²) in [4.78, 5) is 12.1. The molecular weight excluding hydrogens is 280 g/mol. The van der Waals surface area contributed by atoms with Crippen LogP contribution in [0.2, 0.25) is 0 Å². The van der Waals surface area contributed by atoms with Gasteiger partial charge in [0.1, 0.15) is 0 Å². The maximum Gasteiger partial charge on any atom is 0.252 e. The van der Waals surface area contributed by atoms with Crippen molar-refractivity contribution in [1.82, 2.24) is 4.57 Å². The van der Waals surface area contributed by atoms with E-state index in [4.69, 9.17) is 0 Å². The summed E-state index contributed by atoms with van der Waals surface area (Å²) < 4.78 is 1.92. The summed E-state index contributed by atoms with van der Waals surface area (Å²) in [5.74, 6) is 0. The fourth-order valence-corrected chi connectivity index (χ4v) is 3.47. The van der Waals surface area contributed by atoms with Gasteiger partial charge in [-0.1, -0.05) is 32.0 Å². The van der Waals surface area contributed by atoms with E-state index in [-0.39, 0.29) is 10.3 Å². The van der Waals surface area contributed by atoms with Crippen molar-refractivity contribution in [3.63, 3.8) is 0 Å². The quantitative estimate of drug-likeness (QED) is 0.879. The van der Waals surface area contributed by atoms with Crippen LogP contribution in [0.1, 0.15) is 26.7 Å². The lowest BCUT2D eigenvalue weighted by Crippen LogP contribution is -2.32. The summed E-state index contributed by atoms with van der Waals surface area (Å²) in [6.07, 6.45) is 4.39. The Morgan fingerprint density at radius 3 is 2.52 bits per heavy atom. The Balaban J connectivity index is 2.39. The zero-order chi connectivity index (χ0) is 15.5. The molecule has 1 aromatic carbocycles. The molecule has 0 aliphatic rings. The number of thioether (sulfide) groups is 1. The fourth-order valence-electron chi connectivity index (χ4n) is 2.67. The normalized spacial score (nSPS) is 11.8. The number of anilines is 1. The van der Waals surface area contributed by atoms with Crippen molar-refractivity contribution in [3.8, 4) is 0 Å². The van der Waals surface area contributed by atoms with Crippen molar-refractivity contribution in [2.75, 3.05) is 18.1 Å². The molecule has 2 rings (SSSR count). The van der Waals surface area contributed by atoms with Crippen LogP contribution in [0, 0.1) is 0 Å². The van der Waals surface area contributed by atoms with E-state index in [0.717, 1.165) is 36.0 Å². The molecule has 3 nitrogen and oxygen atoms in total. The Bertz CT molecular complexity index is 666. The number of fused-ring (bicyclic) bond motifs is 1. The van der Waals surface area contributed by atoms with E-state index in [9.17, 15) is 4.79 Å². The molecule has 1 heterocycles. The molecule has 0 aliphatic heterocycles. The summed E-state index contributed by atoms with van der Waals surface area (Å²) in [5.41, 5.74) is 1.93. The topological polar surface area (TPSA) is 34.0 Å². The van der Waals surface area contributed by atoms with Crippen molar-refractivity contribution < 1.29 is 0 Å². The second kappa shape index (κ2) is 6.56. The third kappa shape index (κ3) is 3.10. The highest BCUT2D eigenvalue weighted by atomic mass is 32.2. The van der Waals surface area contributed by atoms with Crippen molar-refractivity contribution in [2.45, 2.75) is 31.4 Å². The fraction of sp³-hybridized carbons (Fsp3) is 0.471. The van der Waals surface area contributed by atoms with Crippen molar-refractivity contribution in [1.29, 1.82) is 0 Å². The molecule has 21 heavy (non-hydrogen) atoms. The number of aryl methyl sites for hydroxylation is 1. The van der Waals surface area contributed by atoms with Crippen LogP contribution >= 0.6 is 11.8 Å². The zero-order valence-corrected chi connectivity index (χ0v) is 14.1. The predicted octanol–water partition coefficient (Wildman–Crippen LogP) is 3.87. The first-order valence-corrected chi connectivity index (χ1v) is 8.67. The monoisotopic (exact) mass is 304 g/mol. The number of rotatable bonds is 6. The first-order chi connectivity index (χ1) is 10.1. The van der Waals surface area contributed by atoms with Gasteiger partial charge < -0.3 is 9.88 Å².